The van der Waals surface area contributed by atoms with E-state index < -0.39 is 6.09 Å². The highest BCUT2D eigenvalue weighted by molar-refractivity contribution is 5.84. The molecule has 0 aromatic heterocycles. The molecule has 0 unspecified atom stereocenters. The lowest BCUT2D eigenvalue weighted by molar-refractivity contribution is 0.0322. The number of morpholine rings is 1. The van der Waals surface area contributed by atoms with Gasteiger partial charge in [-0.05, 0) is 30.7 Å². The fourth-order valence-corrected chi connectivity index (χ4v) is 2.45. The summed E-state index contributed by atoms with van der Waals surface area (Å²) >= 11 is 0. The van der Waals surface area contributed by atoms with Gasteiger partial charge in [0.1, 0.15) is 19.0 Å². The second kappa shape index (κ2) is 12.5. The molecule has 1 aliphatic rings. The summed E-state index contributed by atoms with van der Waals surface area (Å²) < 4.78 is 21.5. The summed E-state index contributed by atoms with van der Waals surface area (Å²) in [5, 5.41) is 2.68. The van der Waals surface area contributed by atoms with E-state index in [0.29, 0.717) is 25.5 Å². The minimum Gasteiger partial charge on any atom is -0.492 e. The number of carbonyl (C=O) groups excluding carboxylic acids is 1. The molecule has 1 saturated heterocycles. The number of nitrogens with zero attached hydrogens (tertiary/aromatic N) is 1. The average molecular weight is 366 g/mol. The average Bonchev–Trinajstić information content (AvgIpc) is 2.67. The first-order valence-corrected chi connectivity index (χ1v) is 9.32. The monoisotopic (exact) mass is 366 g/mol. The van der Waals surface area contributed by atoms with Crippen LogP contribution in [0.1, 0.15) is 19.8 Å². The van der Waals surface area contributed by atoms with E-state index in [1.165, 1.54) is 0 Å². The Balaban J connectivity index is 1.58. The standard InChI is InChI=1S/C19H30N2O5/c1-2-3-11-23-15-16-26-19(22)20-17-4-6-18(7-5-17)25-14-10-21-8-12-24-13-9-21/h4-7H,2-3,8-16H2,1H3,(H,20,22). The van der Waals surface area contributed by atoms with Crippen molar-refractivity contribution in [2.75, 3.05) is 64.6 Å². The van der Waals surface area contributed by atoms with Crippen molar-refractivity contribution >= 4 is 11.8 Å². The summed E-state index contributed by atoms with van der Waals surface area (Å²) in [5.74, 6) is 0.779. The van der Waals surface area contributed by atoms with Crippen molar-refractivity contribution in [3.8, 4) is 5.75 Å². The van der Waals surface area contributed by atoms with Crippen LogP contribution in [0.25, 0.3) is 0 Å². The molecule has 1 N–H and O–H groups in total. The van der Waals surface area contributed by atoms with Crippen molar-refractivity contribution in [2.24, 2.45) is 0 Å². The topological polar surface area (TPSA) is 69.3 Å². The molecule has 1 aromatic carbocycles. The Morgan fingerprint density at radius 2 is 1.88 bits per heavy atom. The maximum absolute atomic E-state index is 11.7. The first-order valence-electron chi connectivity index (χ1n) is 9.32. The Bertz CT molecular complexity index is 503. The molecule has 0 atom stereocenters. The second-order valence-electron chi connectivity index (χ2n) is 6.05. The summed E-state index contributed by atoms with van der Waals surface area (Å²) in [4.78, 5) is 14.0. The number of carbonyl (C=O) groups is 1. The van der Waals surface area contributed by atoms with E-state index in [4.69, 9.17) is 18.9 Å². The predicted octanol–water partition coefficient (Wildman–Crippen LogP) is 2.76. The fraction of sp³-hybridized carbons (Fsp3) is 0.632. The Morgan fingerprint density at radius 1 is 1.12 bits per heavy atom. The number of ether oxygens (including phenoxy) is 4. The number of amides is 1. The number of hydrogen-bond donors (Lipinski definition) is 1. The van der Waals surface area contributed by atoms with Crippen LogP contribution in [-0.4, -0.2) is 70.3 Å². The Morgan fingerprint density at radius 3 is 2.62 bits per heavy atom. The van der Waals surface area contributed by atoms with Crippen LogP contribution >= 0.6 is 0 Å². The van der Waals surface area contributed by atoms with Crippen molar-refractivity contribution in [1.82, 2.24) is 4.90 Å². The molecule has 1 aliphatic heterocycles. The van der Waals surface area contributed by atoms with Crippen molar-refractivity contribution in [2.45, 2.75) is 19.8 Å². The van der Waals surface area contributed by atoms with Crippen molar-refractivity contribution in [3.05, 3.63) is 24.3 Å². The molecule has 0 spiro atoms. The number of benzene rings is 1. The van der Waals surface area contributed by atoms with Crippen LogP contribution < -0.4 is 10.1 Å². The van der Waals surface area contributed by atoms with Gasteiger partial charge in [-0.2, -0.15) is 0 Å². The zero-order valence-corrected chi connectivity index (χ0v) is 15.6. The van der Waals surface area contributed by atoms with Crippen LogP contribution in [0.15, 0.2) is 24.3 Å². The maximum atomic E-state index is 11.7. The highest BCUT2D eigenvalue weighted by Gasteiger charge is 2.09. The third-order valence-electron chi connectivity index (χ3n) is 3.98. The van der Waals surface area contributed by atoms with Gasteiger partial charge in [0.15, 0.2) is 0 Å². The lowest BCUT2D eigenvalue weighted by Crippen LogP contribution is -2.38. The van der Waals surface area contributed by atoms with Gasteiger partial charge in [0.05, 0.1) is 19.8 Å². The smallest absolute Gasteiger partial charge is 0.411 e. The zero-order valence-electron chi connectivity index (χ0n) is 15.6. The molecular weight excluding hydrogens is 336 g/mol. The Kier molecular flexibility index (Phi) is 9.86. The van der Waals surface area contributed by atoms with Crippen LogP contribution in [0.2, 0.25) is 0 Å². The lowest BCUT2D eigenvalue weighted by atomic mass is 10.3. The maximum Gasteiger partial charge on any atom is 0.411 e. The highest BCUT2D eigenvalue weighted by atomic mass is 16.6. The molecule has 146 valence electrons. The van der Waals surface area contributed by atoms with Gasteiger partial charge >= 0.3 is 6.09 Å². The molecule has 0 saturated carbocycles. The Hall–Kier alpha value is -1.83. The van der Waals surface area contributed by atoms with E-state index >= 15 is 0 Å². The number of nitrogens with one attached hydrogen (secondary N) is 1. The molecule has 1 amide bonds. The number of unbranched alkanes of at least 4 members (excludes halogenated alkanes) is 1. The van der Waals surface area contributed by atoms with Crippen molar-refractivity contribution in [3.63, 3.8) is 0 Å². The molecule has 0 bridgehead atoms. The first kappa shape index (κ1) is 20.5. The summed E-state index contributed by atoms with van der Waals surface area (Å²) in [5.41, 5.74) is 0.669. The SMILES string of the molecule is CCCCOCCOC(=O)Nc1ccc(OCCN2CCOCC2)cc1. The molecule has 0 aliphatic carbocycles. The molecule has 26 heavy (non-hydrogen) atoms. The van der Waals surface area contributed by atoms with Gasteiger partial charge in [-0.3, -0.25) is 10.2 Å². The largest absolute Gasteiger partial charge is 0.492 e. The van der Waals surface area contributed by atoms with Gasteiger partial charge in [-0.1, -0.05) is 13.3 Å². The van der Waals surface area contributed by atoms with Crippen LogP contribution in [0.3, 0.4) is 0 Å². The van der Waals surface area contributed by atoms with Crippen LogP contribution in [0.4, 0.5) is 10.5 Å². The zero-order chi connectivity index (χ0) is 18.5. The third kappa shape index (κ3) is 8.51. The van der Waals surface area contributed by atoms with Gasteiger partial charge in [0.2, 0.25) is 0 Å². The van der Waals surface area contributed by atoms with Crippen LogP contribution in [0.5, 0.6) is 5.75 Å². The molecule has 7 heteroatoms. The van der Waals surface area contributed by atoms with E-state index in [9.17, 15) is 4.79 Å². The van der Waals surface area contributed by atoms with Gasteiger partial charge in [0, 0.05) is 31.9 Å². The van der Waals surface area contributed by atoms with Crippen LogP contribution in [0, 0.1) is 0 Å². The summed E-state index contributed by atoms with van der Waals surface area (Å²) in [6.07, 6.45) is 1.63. The molecule has 2 rings (SSSR count). The quantitative estimate of drug-likeness (QED) is 0.608. The fourth-order valence-electron chi connectivity index (χ4n) is 2.45. The second-order valence-corrected chi connectivity index (χ2v) is 6.05. The van der Waals surface area contributed by atoms with E-state index in [0.717, 1.165) is 51.4 Å². The number of rotatable bonds is 11. The van der Waals surface area contributed by atoms with E-state index in [1.54, 1.807) is 12.1 Å². The molecular formula is C19H30N2O5. The highest BCUT2D eigenvalue weighted by Crippen LogP contribution is 2.16. The molecule has 1 heterocycles. The van der Waals surface area contributed by atoms with Gasteiger partial charge in [-0.25, -0.2) is 4.79 Å². The first-order chi connectivity index (χ1) is 12.8. The molecule has 1 aromatic rings. The van der Waals surface area contributed by atoms with E-state index in [2.05, 4.69) is 17.1 Å². The normalized spacial score (nSPS) is 14.8. The summed E-state index contributed by atoms with van der Waals surface area (Å²) in [6.45, 7) is 8.49. The minimum atomic E-state index is -0.481. The lowest BCUT2D eigenvalue weighted by Gasteiger charge is -2.26. The van der Waals surface area contributed by atoms with Gasteiger partial charge < -0.3 is 18.9 Å². The summed E-state index contributed by atoms with van der Waals surface area (Å²) in [7, 11) is 0. The number of anilines is 1. The predicted molar refractivity (Wildman–Crippen MR) is 99.9 cm³/mol. The summed E-state index contributed by atoms with van der Waals surface area (Å²) in [6, 6.07) is 7.26. The van der Waals surface area contributed by atoms with E-state index in [-0.39, 0.29) is 6.61 Å². The molecule has 1 fully saturated rings. The van der Waals surface area contributed by atoms with Gasteiger partial charge in [0.25, 0.3) is 0 Å². The number of hydrogen-bond acceptors (Lipinski definition) is 6. The van der Waals surface area contributed by atoms with Crippen molar-refractivity contribution in [1.29, 1.82) is 0 Å². The third-order valence-corrected chi connectivity index (χ3v) is 3.98. The Labute approximate surface area is 155 Å². The minimum absolute atomic E-state index is 0.248. The molecule has 7 nitrogen and oxygen atoms in total. The van der Waals surface area contributed by atoms with Crippen LogP contribution in [-0.2, 0) is 14.2 Å². The van der Waals surface area contributed by atoms with Crippen molar-refractivity contribution < 1.29 is 23.7 Å². The van der Waals surface area contributed by atoms with Gasteiger partial charge in [-0.15, -0.1) is 0 Å². The molecule has 0 radical (unpaired) electrons. The van der Waals surface area contributed by atoms with E-state index in [1.807, 2.05) is 12.1 Å².